The van der Waals surface area contributed by atoms with E-state index in [4.69, 9.17) is 4.99 Å². The molecule has 0 saturated carbocycles. The van der Waals surface area contributed by atoms with Gasteiger partial charge in [0.2, 0.25) is 0 Å². The second-order valence-corrected chi connectivity index (χ2v) is 5.37. The zero-order chi connectivity index (χ0) is 15.9. The number of aliphatic imine (C=N–C) groups is 1. The number of nitrogens with zero attached hydrogens (tertiary/aromatic N) is 1. The van der Waals surface area contributed by atoms with Crippen LogP contribution < -0.4 is 0 Å². The van der Waals surface area contributed by atoms with Crippen LogP contribution >= 0.6 is 0 Å². The van der Waals surface area contributed by atoms with Crippen LogP contribution in [0.25, 0.3) is 5.57 Å². The SMILES string of the molecule is C=C(CN=C(c1ccccc1)c1ccccc1)c1ccccc1. The summed E-state index contributed by atoms with van der Waals surface area (Å²) >= 11 is 0. The minimum atomic E-state index is 0.586. The van der Waals surface area contributed by atoms with E-state index >= 15 is 0 Å². The third-order valence-corrected chi connectivity index (χ3v) is 3.70. The van der Waals surface area contributed by atoms with E-state index in [1.807, 2.05) is 54.6 Å². The Bertz CT molecular complexity index is 746. The van der Waals surface area contributed by atoms with Gasteiger partial charge in [-0.15, -0.1) is 0 Å². The topological polar surface area (TPSA) is 12.4 Å². The van der Waals surface area contributed by atoms with Gasteiger partial charge < -0.3 is 0 Å². The summed E-state index contributed by atoms with van der Waals surface area (Å²) in [7, 11) is 0. The van der Waals surface area contributed by atoms with E-state index < -0.39 is 0 Å². The summed E-state index contributed by atoms with van der Waals surface area (Å²) in [6, 6.07) is 30.8. The summed E-state index contributed by atoms with van der Waals surface area (Å²) in [5.74, 6) is 0. The van der Waals surface area contributed by atoms with Crippen LogP contribution in [-0.4, -0.2) is 12.3 Å². The van der Waals surface area contributed by atoms with Crippen molar-refractivity contribution in [2.75, 3.05) is 6.54 Å². The highest BCUT2D eigenvalue weighted by molar-refractivity contribution is 6.13. The second-order valence-electron chi connectivity index (χ2n) is 5.37. The highest BCUT2D eigenvalue weighted by Crippen LogP contribution is 2.15. The maximum absolute atomic E-state index is 4.86. The van der Waals surface area contributed by atoms with Crippen molar-refractivity contribution in [3.63, 3.8) is 0 Å². The molecule has 0 bridgehead atoms. The Kier molecular flexibility index (Phi) is 4.80. The molecule has 112 valence electrons. The molecule has 0 heterocycles. The molecular weight excluding hydrogens is 278 g/mol. The van der Waals surface area contributed by atoms with Crippen molar-refractivity contribution < 1.29 is 0 Å². The molecule has 3 rings (SSSR count). The Morgan fingerprint density at radius 3 is 1.43 bits per heavy atom. The maximum Gasteiger partial charge on any atom is 0.0723 e. The third-order valence-electron chi connectivity index (χ3n) is 3.70. The first-order valence-corrected chi connectivity index (χ1v) is 7.73. The van der Waals surface area contributed by atoms with Gasteiger partial charge in [-0.1, -0.05) is 97.6 Å². The van der Waals surface area contributed by atoms with Crippen LogP contribution in [0.1, 0.15) is 16.7 Å². The van der Waals surface area contributed by atoms with E-state index in [9.17, 15) is 0 Å². The molecule has 0 aromatic heterocycles. The summed E-state index contributed by atoms with van der Waals surface area (Å²) in [5.41, 5.74) is 5.41. The fraction of sp³-hybridized carbons (Fsp3) is 0.0455. The molecule has 3 aromatic carbocycles. The lowest BCUT2D eigenvalue weighted by Gasteiger charge is -2.09. The number of hydrogen-bond acceptors (Lipinski definition) is 1. The predicted octanol–water partition coefficient (Wildman–Crippen LogP) is 5.24. The third kappa shape index (κ3) is 3.83. The van der Waals surface area contributed by atoms with Gasteiger partial charge in [-0.25, -0.2) is 0 Å². The standard InChI is InChI=1S/C22H19N/c1-18(19-11-5-2-6-12-19)17-23-22(20-13-7-3-8-14-20)21-15-9-4-10-16-21/h2-16H,1,17H2. The molecule has 0 fully saturated rings. The molecule has 0 unspecified atom stereocenters. The summed E-state index contributed by atoms with van der Waals surface area (Å²) < 4.78 is 0. The van der Waals surface area contributed by atoms with Crippen molar-refractivity contribution >= 4 is 11.3 Å². The molecule has 0 atom stereocenters. The minimum Gasteiger partial charge on any atom is -0.279 e. The minimum absolute atomic E-state index is 0.586. The first-order valence-electron chi connectivity index (χ1n) is 7.73. The first kappa shape index (κ1) is 15.0. The molecule has 3 aromatic rings. The summed E-state index contributed by atoms with van der Waals surface area (Å²) in [4.78, 5) is 4.86. The zero-order valence-corrected chi connectivity index (χ0v) is 13.0. The van der Waals surface area contributed by atoms with E-state index in [1.165, 1.54) is 0 Å². The molecule has 0 spiro atoms. The van der Waals surface area contributed by atoms with Crippen LogP contribution in [0.3, 0.4) is 0 Å². The van der Waals surface area contributed by atoms with Gasteiger partial charge >= 0.3 is 0 Å². The van der Waals surface area contributed by atoms with Crippen molar-refractivity contribution in [1.29, 1.82) is 0 Å². The predicted molar refractivity (Wildman–Crippen MR) is 98.9 cm³/mol. The van der Waals surface area contributed by atoms with Crippen molar-refractivity contribution in [1.82, 2.24) is 0 Å². The molecule has 0 radical (unpaired) electrons. The summed E-state index contributed by atoms with van der Waals surface area (Å²) in [5, 5.41) is 0. The lowest BCUT2D eigenvalue weighted by Crippen LogP contribution is -2.04. The highest BCUT2D eigenvalue weighted by Gasteiger charge is 2.06. The first-order chi connectivity index (χ1) is 11.3. The number of benzene rings is 3. The van der Waals surface area contributed by atoms with Crippen LogP contribution in [0.5, 0.6) is 0 Å². The molecule has 1 heteroatoms. The van der Waals surface area contributed by atoms with Gasteiger partial charge in [0.25, 0.3) is 0 Å². The van der Waals surface area contributed by atoms with Crippen LogP contribution in [0.4, 0.5) is 0 Å². The monoisotopic (exact) mass is 297 g/mol. The Balaban J connectivity index is 1.91. The van der Waals surface area contributed by atoms with Crippen LogP contribution in [0, 0.1) is 0 Å². The lowest BCUT2D eigenvalue weighted by atomic mass is 10.0. The smallest absolute Gasteiger partial charge is 0.0723 e. The van der Waals surface area contributed by atoms with Gasteiger partial charge in [-0.05, 0) is 11.1 Å². The van der Waals surface area contributed by atoms with Crippen molar-refractivity contribution in [2.45, 2.75) is 0 Å². The number of hydrogen-bond donors (Lipinski definition) is 0. The average Bonchev–Trinajstić information content (AvgIpc) is 2.64. The number of rotatable bonds is 5. The largest absolute Gasteiger partial charge is 0.279 e. The second kappa shape index (κ2) is 7.37. The summed E-state index contributed by atoms with van der Waals surface area (Å²) in [6.45, 7) is 4.76. The van der Waals surface area contributed by atoms with Gasteiger partial charge in [0.05, 0.1) is 12.3 Å². The molecule has 0 N–H and O–H groups in total. The van der Waals surface area contributed by atoms with Crippen molar-refractivity contribution in [3.05, 3.63) is 114 Å². The Morgan fingerprint density at radius 1 is 0.609 bits per heavy atom. The van der Waals surface area contributed by atoms with E-state index in [0.717, 1.165) is 28.0 Å². The van der Waals surface area contributed by atoms with Crippen LogP contribution in [-0.2, 0) is 0 Å². The van der Waals surface area contributed by atoms with Crippen LogP contribution in [0.2, 0.25) is 0 Å². The van der Waals surface area contributed by atoms with Gasteiger partial charge in [0.15, 0.2) is 0 Å². The zero-order valence-electron chi connectivity index (χ0n) is 13.0. The Labute approximate surface area is 137 Å². The molecule has 0 amide bonds. The molecule has 0 aliphatic rings. The van der Waals surface area contributed by atoms with E-state index in [-0.39, 0.29) is 0 Å². The molecule has 0 aliphatic heterocycles. The van der Waals surface area contributed by atoms with Gasteiger partial charge in [0, 0.05) is 11.1 Å². The summed E-state index contributed by atoms with van der Waals surface area (Å²) in [6.07, 6.45) is 0. The maximum atomic E-state index is 4.86. The normalized spacial score (nSPS) is 10.1. The molecule has 0 aliphatic carbocycles. The highest BCUT2D eigenvalue weighted by atomic mass is 14.7. The Hall–Kier alpha value is -2.93. The van der Waals surface area contributed by atoms with E-state index in [0.29, 0.717) is 6.54 Å². The van der Waals surface area contributed by atoms with Gasteiger partial charge in [0.1, 0.15) is 0 Å². The van der Waals surface area contributed by atoms with E-state index in [2.05, 4.69) is 43.0 Å². The fourth-order valence-corrected chi connectivity index (χ4v) is 2.48. The van der Waals surface area contributed by atoms with Crippen molar-refractivity contribution in [3.8, 4) is 0 Å². The van der Waals surface area contributed by atoms with Gasteiger partial charge in [-0.3, -0.25) is 4.99 Å². The average molecular weight is 297 g/mol. The van der Waals surface area contributed by atoms with E-state index in [1.54, 1.807) is 0 Å². The van der Waals surface area contributed by atoms with Crippen LogP contribution in [0.15, 0.2) is 103 Å². The molecule has 23 heavy (non-hydrogen) atoms. The quantitative estimate of drug-likeness (QED) is 0.571. The fourth-order valence-electron chi connectivity index (χ4n) is 2.48. The van der Waals surface area contributed by atoms with Gasteiger partial charge in [-0.2, -0.15) is 0 Å². The molecule has 1 nitrogen and oxygen atoms in total. The lowest BCUT2D eigenvalue weighted by molar-refractivity contribution is 1.25. The molecular formula is C22H19N. The van der Waals surface area contributed by atoms with Crippen molar-refractivity contribution in [2.24, 2.45) is 4.99 Å². The Morgan fingerprint density at radius 2 is 1.00 bits per heavy atom. The molecule has 0 saturated heterocycles.